The average Bonchev–Trinajstić information content (AvgIpc) is 2.81. The third-order valence-electron chi connectivity index (χ3n) is 4.35. The molecular formula is C20H20N2O13. The van der Waals surface area contributed by atoms with Crippen LogP contribution in [0.2, 0.25) is 0 Å². The van der Waals surface area contributed by atoms with Crippen LogP contribution in [0.5, 0.6) is 11.5 Å². The first-order valence-electron chi connectivity index (χ1n) is 9.74. The molecule has 4 atom stereocenters. The normalized spacial score (nSPS) is 14.1. The molecule has 0 fully saturated rings. The van der Waals surface area contributed by atoms with Crippen molar-refractivity contribution in [3.05, 3.63) is 68.8 Å². The van der Waals surface area contributed by atoms with Crippen molar-refractivity contribution < 1.29 is 53.7 Å². The smallest absolute Gasteiger partial charge is 0.425 e. The first kappa shape index (κ1) is 26.9. The molecule has 0 aliphatic rings. The van der Waals surface area contributed by atoms with Crippen molar-refractivity contribution in [3.63, 3.8) is 0 Å². The number of hydrogen-bond donors (Lipinski definition) is 3. The number of aliphatic hydroxyl groups excluding tert-OH is 3. The highest BCUT2D eigenvalue weighted by Gasteiger charge is 2.37. The van der Waals surface area contributed by atoms with Crippen molar-refractivity contribution >= 4 is 23.7 Å². The zero-order chi connectivity index (χ0) is 26.1. The van der Waals surface area contributed by atoms with E-state index in [0.717, 1.165) is 55.5 Å². The molecule has 15 heteroatoms. The summed E-state index contributed by atoms with van der Waals surface area (Å²) in [4.78, 5) is 44.0. The molecule has 0 spiro atoms. The summed E-state index contributed by atoms with van der Waals surface area (Å²) in [7, 11) is 0. The Morgan fingerprint density at radius 1 is 0.829 bits per heavy atom. The van der Waals surface area contributed by atoms with Crippen LogP contribution in [-0.2, 0) is 9.47 Å². The second-order valence-electron chi connectivity index (χ2n) is 6.86. The molecule has 0 saturated heterocycles. The lowest BCUT2D eigenvalue weighted by Crippen LogP contribution is -2.49. The Balaban J connectivity index is 2.00. The average molecular weight is 496 g/mol. The number of nitro benzene ring substituents is 2. The molecule has 2 aromatic rings. The first-order valence-corrected chi connectivity index (χ1v) is 9.74. The van der Waals surface area contributed by atoms with Gasteiger partial charge in [-0.1, -0.05) is 0 Å². The Hall–Kier alpha value is -4.34. The van der Waals surface area contributed by atoms with Crippen LogP contribution in [0.3, 0.4) is 0 Å². The highest BCUT2D eigenvalue weighted by atomic mass is 16.7. The fourth-order valence-electron chi connectivity index (χ4n) is 2.63. The highest BCUT2D eigenvalue weighted by molar-refractivity contribution is 5.65. The lowest BCUT2D eigenvalue weighted by molar-refractivity contribution is -0.385. The number of hydrogen-bond acceptors (Lipinski definition) is 13. The van der Waals surface area contributed by atoms with Crippen LogP contribution in [0.4, 0.5) is 21.0 Å². The maximum absolute atomic E-state index is 12.1. The van der Waals surface area contributed by atoms with Crippen molar-refractivity contribution in [1.29, 1.82) is 0 Å². The largest absolute Gasteiger partial charge is 0.514 e. The van der Waals surface area contributed by atoms with Crippen LogP contribution < -0.4 is 9.47 Å². The Bertz CT molecular complexity index is 1040. The molecule has 35 heavy (non-hydrogen) atoms. The van der Waals surface area contributed by atoms with Gasteiger partial charge in [0.1, 0.15) is 17.6 Å². The van der Waals surface area contributed by atoms with Crippen LogP contribution in [0.25, 0.3) is 0 Å². The van der Waals surface area contributed by atoms with Gasteiger partial charge in [-0.05, 0) is 31.2 Å². The summed E-state index contributed by atoms with van der Waals surface area (Å²) in [6.07, 6.45) is -9.77. The van der Waals surface area contributed by atoms with E-state index in [0.29, 0.717) is 0 Å². The molecule has 0 amide bonds. The summed E-state index contributed by atoms with van der Waals surface area (Å²) >= 11 is 0. The molecular weight excluding hydrogens is 476 g/mol. The lowest BCUT2D eigenvalue weighted by Gasteiger charge is -2.29. The number of non-ortho nitro benzene ring substituents is 2. The Morgan fingerprint density at radius 2 is 1.23 bits per heavy atom. The van der Waals surface area contributed by atoms with Gasteiger partial charge in [-0.2, -0.15) is 0 Å². The number of carbonyl (C=O) groups excluding carboxylic acids is 2. The highest BCUT2D eigenvalue weighted by Crippen LogP contribution is 2.21. The van der Waals surface area contributed by atoms with Gasteiger partial charge in [0.05, 0.1) is 22.6 Å². The molecule has 2 aromatic carbocycles. The third kappa shape index (κ3) is 7.88. The Labute approximate surface area is 196 Å². The minimum Gasteiger partial charge on any atom is -0.425 e. The summed E-state index contributed by atoms with van der Waals surface area (Å²) in [5.74, 6) is -0.275. The number of nitro groups is 2. The summed E-state index contributed by atoms with van der Waals surface area (Å²) in [5.41, 5.74) is -0.515. The van der Waals surface area contributed by atoms with E-state index in [4.69, 9.17) is 18.9 Å². The van der Waals surface area contributed by atoms with E-state index < -0.39 is 53.2 Å². The van der Waals surface area contributed by atoms with Crippen molar-refractivity contribution in [1.82, 2.24) is 0 Å². The van der Waals surface area contributed by atoms with E-state index in [9.17, 15) is 45.1 Å². The molecule has 0 saturated carbocycles. The van der Waals surface area contributed by atoms with Crippen LogP contribution in [-0.4, -0.2) is 68.5 Å². The van der Waals surface area contributed by atoms with Gasteiger partial charge < -0.3 is 34.3 Å². The number of nitrogens with zero attached hydrogens (tertiary/aromatic N) is 2. The van der Waals surface area contributed by atoms with E-state index >= 15 is 0 Å². The third-order valence-corrected chi connectivity index (χ3v) is 4.35. The van der Waals surface area contributed by atoms with E-state index in [1.54, 1.807) is 0 Å². The molecule has 3 N–H and O–H groups in total. The van der Waals surface area contributed by atoms with Crippen LogP contribution in [0.1, 0.15) is 6.92 Å². The summed E-state index contributed by atoms with van der Waals surface area (Å²) in [6, 6.07) is 8.71. The van der Waals surface area contributed by atoms with Gasteiger partial charge in [0, 0.05) is 24.3 Å². The van der Waals surface area contributed by atoms with Crippen molar-refractivity contribution in [2.24, 2.45) is 0 Å². The number of aliphatic hydroxyl groups is 3. The Morgan fingerprint density at radius 3 is 1.57 bits per heavy atom. The maximum Gasteiger partial charge on any atom is 0.514 e. The van der Waals surface area contributed by atoms with E-state index in [1.165, 1.54) is 0 Å². The molecule has 0 aromatic heterocycles. The molecule has 188 valence electrons. The SMILES string of the molecule is CC(O)C(OC(=O)Oc1ccc([N+](=O)[O-])cc1)C(O)C(CO)OC(=O)Oc1ccc([N+](=O)[O-])cc1. The Kier molecular flexibility index (Phi) is 9.39. The van der Waals surface area contributed by atoms with Crippen LogP contribution >= 0.6 is 0 Å². The van der Waals surface area contributed by atoms with Crippen molar-refractivity contribution in [2.45, 2.75) is 31.3 Å². The number of carbonyl (C=O) groups is 2. The van der Waals surface area contributed by atoms with Crippen LogP contribution in [0.15, 0.2) is 48.5 Å². The number of benzene rings is 2. The molecule has 0 heterocycles. The zero-order valence-corrected chi connectivity index (χ0v) is 18.0. The van der Waals surface area contributed by atoms with Gasteiger partial charge >= 0.3 is 12.3 Å². The molecule has 0 radical (unpaired) electrons. The summed E-state index contributed by atoms with van der Waals surface area (Å²) < 4.78 is 19.3. The molecule has 2 rings (SSSR count). The maximum atomic E-state index is 12.1. The topological polar surface area (TPSA) is 218 Å². The van der Waals surface area contributed by atoms with Crippen molar-refractivity contribution in [3.8, 4) is 11.5 Å². The molecule has 15 nitrogen and oxygen atoms in total. The fraction of sp³-hybridized carbons (Fsp3) is 0.300. The molecule has 0 aliphatic carbocycles. The van der Waals surface area contributed by atoms with Gasteiger partial charge in [-0.3, -0.25) is 20.2 Å². The van der Waals surface area contributed by atoms with Gasteiger partial charge in [0.25, 0.3) is 11.4 Å². The standard InChI is InChI=1S/C20H20N2O13/c1-11(24)18(35-20(27)33-15-8-4-13(5-9-15)22(30)31)17(25)16(10-23)34-19(26)32-14-6-2-12(3-7-14)21(28)29/h2-9,11,16-18,23-25H,10H2,1H3. The summed E-state index contributed by atoms with van der Waals surface area (Å²) in [5, 5.41) is 51.2. The first-order chi connectivity index (χ1) is 16.5. The minimum absolute atomic E-state index is 0.137. The lowest BCUT2D eigenvalue weighted by atomic mass is 10.0. The van der Waals surface area contributed by atoms with Crippen molar-refractivity contribution in [2.75, 3.05) is 6.61 Å². The predicted octanol–water partition coefficient (Wildman–Crippen LogP) is 1.71. The summed E-state index contributed by atoms with van der Waals surface area (Å²) in [6.45, 7) is 0.164. The van der Waals surface area contributed by atoms with Gasteiger partial charge in [-0.25, -0.2) is 9.59 Å². The predicted molar refractivity (Wildman–Crippen MR) is 113 cm³/mol. The molecule has 0 aliphatic heterocycles. The number of rotatable bonds is 10. The van der Waals surface area contributed by atoms with E-state index in [2.05, 4.69) is 0 Å². The monoisotopic (exact) mass is 496 g/mol. The zero-order valence-electron chi connectivity index (χ0n) is 18.0. The van der Waals surface area contributed by atoms with E-state index in [-0.39, 0.29) is 22.9 Å². The molecule has 4 unspecified atom stereocenters. The molecule has 0 bridgehead atoms. The van der Waals surface area contributed by atoms with Gasteiger partial charge in [0.2, 0.25) is 0 Å². The van der Waals surface area contributed by atoms with Gasteiger partial charge in [0.15, 0.2) is 12.2 Å². The van der Waals surface area contributed by atoms with Crippen LogP contribution in [0, 0.1) is 20.2 Å². The minimum atomic E-state index is -1.95. The fourth-order valence-corrected chi connectivity index (χ4v) is 2.63. The second-order valence-corrected chi connectivity index (χ2v) is 6.86. The van der Waals surface area contributed by atoms with Gasteiger partial charge in [-0.15, -0.1) is 0 Å². The van der Waals surface area contributed by atoms with E-state index in [1.807, 2.05) is 0 Å². The number of ether oxygens (including phenoxy) is 4. The quantitative estimate of drug-likeness (QED) is 0.185. The second kappa shape index (κ2) is 12.2.